The Kier molecular flexibility index (Phi) is 7.27. The van der Waals surface area contributed by atoms with Crippen molar-refractivity contribution < 1.29 is 9.59 Å². The van der Waals surface area contributed by atoms with Crippen LogP contribution in [0.3, 0.4) is 0 Å². The lowest BCUT2D eigenvalue weighted by Crippen LogP contribution is -2.23. The van der Waals surface area contributed by atoms with Crippen molar-refractivity contribution in [1.82, 2.24) is 0 Å². The summed E-state index contributed by atoms with van der Waals surface area (Å²) in [6.07, 6.45) is 0. The summed E-state index contributed by atoms with van der Waals surface area (Å²) in [6.45, 7) is 7.53. The molecule has 2 rings (SSSR count). The first-order chi connectivity index (χ1) is 12.4. The molecule has 1 atom stereocenters. The van der Waals surface area contributed by atoms with Crippen LogP contribution in [-0.4, -0.2) is 17.1 Å². The maximum Gasteiger partial charge on any atom is 0.237 e. The van der Waals surface area contributed by atoms with E-state index in [9.17, 15) is 9.59 Å². The Labute approximate surface area is 159 Å². The average molecular weight is 371 g/mol. The number of hydrogen-bond acceptors (Lipinski definition) is 3. The summed E-state index contributed by atoms with van der Waals surface area (Å²) in [6, 6.07) is 15.7. The van der Waals surface area contributed by atoms with Gasteiger partial charge in [0.05, 0.1) is 5.25 Å². The van der Waals surface area contributed by atoms with Crippen LogP contribution in [0.5, 0.6) is 0 Å². The molecule has 0 aliphatic rings. The fourth-order valence-electron chi connectivity index (χ4n) is 2.23. The zero-order chi connectivity index (χ0) is 19.1. The summed E-state index contributed by atoms with van der Waals surface area (Å²) in [5.41, 5.74) is 3.57. The number of anilines is 2. The number of nitrogens with one attached hydrogen (secondary N) is 2. The van der Waals surface area contributed by atoms with Gasteiger partial charge in [0, 0.05) is 23.0 Å². The van der Waals surface area contributed by atoms with Crippen LogP contribution >= 0.6 is 11.8 Å². The molecule has 1 unspecified atom stereocenters. The topological polar surface area (TPSA) is 58.2 Å². The predicted octanol–water partition coefficient (Wildman–Crippen LogP) is 4.85. The number of carbonyl (C=O) groups excluding carboxylic acids is 2. The van der Waals surface area contributed by atoms with Crippen LogP contribution in [0.15, 0.2) is 48.5 Å². The molecule has 0 saturated carbocycles. The number of amides is 2. The van der Waals surface area contributed by atoms with Crippen molar-refractivity contribution in [3.05, 3.63) is 59.7 Å². The van der Waals surface area contributed by atoms with Crippen LogP contribution < -0.4 is 10.6 Å². The van der Waals surface area contributed by atoms with E-state index in [1.807, 2.05) is 64.1 Å². The first-order valence-corrected chi connectivity index (χ1v) is 9.79. The van der Waals surface area contributed by atoms with E-state index in [0.717, 1.165) is 17.0 Å². The minimum Gasteiger partial charge on any atom is -0.326 e. The largest absolute Gasteiger partial charge is 0.326 e. The van der Waals surface area contributed by atoms with Gasteiger partial charge in [-0.25, -0.2) is 0 Å². The summed E-state index contributed by atoms with van der Waals surface area (Å²) in [5.74, 6) is 0.613. The molecule has 0 aromatic heterocycles. The van der Waals surface area contributed by atoms with E-state index < -0.39 is 0 Å². The van der Waals surface area contributed by atoms with Crippen molar-refractivity contribution in [2.24, 2.45) is 5.92 Å². The van der Waals surface area contributed by atoms with Gasteiger partial charge >= 0.3 is 0 Å². The molecule has 0 bridgehead atoms. The van der Waals surface area contributed by atoms with Crippen LogP contribution in [-0.2, 0) is 15.3 Å². The molecule has 138 valence electrons. The van der Waals surface area contributed by atoms with Gasteiger partial charge in [0.15, 0.2) is 0 Å². The summed E-state index contributed by atoms with van der Waals surface area (Å²) >= 11 is 1.60. The van der Waals surface area contributed by atoms with Crippen LogP contribution in [0, 0.1) is 12.8 Å². The number of hydrogen-bond donors (Lipinski definition) is 2. The van der Waals surface area contributed by atoms with Gasteiger partial charge < -0.3 is 10.6 Å². The molecule has 2 N–H and O–H groups in total. The molecule has 0 saturated heterocycles. The van der Waals surface area contributed by atoms with Gasteiger partial charge in [0.1, 0.15) is 0 Å². The second kappa shape index (κ2) is 9.43. The molecule has 2 amide bonds. The Morgan fingerprint density at radius 3 is 2.31 bits per heavy atom. The standard InChI is InChI=1S/C21H26N2O2S/c1-14(2)20(24)22-18-11-10-15(3)19(12-18)23-21(25)16(4)26-13-17-8-6-5-7-9-17/h5-12,14,16H,13H2,1-4H3,(H,22,24)(H,23,25). The highest BCUT2D eigenvalue weighted by atomic mass is 32.2. The lowest BCUT2D eigenvalue weighted by atomic mass is 10.1. The molecule has 26 heavy (non-hydrogen) atoms. The second-order valence-electron chi connectivity index (χ2n) is 6.60. The summed E-state index contributed by atoms with van der Waals surface area (Å²) in [7, 11) is 0. The highest BCUT2D eigenvalue weighted by Crippen LogP contribution is 2.23. The Bertz CT molecular complexity index is 760. The Hall–Kier alpha value is -2.27. The minimum absolute atomic E-state index is 0.0404. The van der Waals surface area contributed by atoms with E-state index in [1.54, 1.807) is 11.8 Å². The average Bonchev–Trinajstić information content (AvgIpc) is 2.63. The van der Waals surface area contributed by atoms with E-state index in [1.165, 1.54) is 5.56 Å². The van der Waals surface area contributed by atoms with Crippen LogP contribution in [0.4, 0.5) is 11.4 Å². The van der Waals surface area contributed by atoms with Gasteiger partial charge in [-0.05, 0) is 37.1 Å². The van der Waals surface area contributed by atoms with Gasteiger partial charge in [-0.1, -0.05) is 50.2 Å². The van der Waals surface area contributed by atoms with E-state index in [-0.39, 0.29) is 23.0 Å². The predicted molar refractivity (Wildman–Crippen MR) is 110 cm³/mol. The summed E-state index contributed by atoms with van der Waals surface area (Å²) in [4.78, 5) is 24.4. The third-order valence-corrected chi connectivity index (χ3v) is 5.21. The zero-order valence-corrected chi connectivity index (χ0v) is 16.5. The third kappa shape index (κ3) is 5.92. The zero-order valence-electron chi connectivity index (χ0n) is 15.7. The lowest BCUT2D eigenvalue weighted by molar-refractivity contribution is -0.119. The molecule has 2 aromatic rings. The molecule has 0 radical (unpaired) electrons. The van der Waals surface area contributed by atoms with Crippen molar-refractivity contribution in [3.8, 4) is 0 Å². The van der Waals surface area contributed by atoms with E-state index in [2.05, 4.69) is 22.8 Å². The molecular formula is C21H26N2O2S. The first kappa shape index (κ1) is 20.0. The van der Waals surface area contributed by atoms with E-state index in [0.29, 0.717) is 5.69 Å². The van der Waals surface area contributed by atoms with Gasteiger partial charge in [0.25, 0.3) is 0 Å². The number of carbonyl (C=O) groups is 2. The first-order valence-electron chi connectivity index (χ1n) is 8.74. The molecule has 0 spiro atoms. The summed E-state index contributed by atoms with van der Waals surface area (Å²) in [5, 5.41) is 5.66. The SMILES string of the molecule is Cc1ccc(NC(=O)C(C)C)cc1NC(=O)C(C)SCc1ccccc1. The Morgan fingerprint density at radius 1 is 0.962 bits per heavy atom. The molecule has 0 heterocycles. The maximum atomic E-state index is 12.5. The van der Waals surface area contributed by atoms with E-state index in [4.69, 9.17) is 0 Å². The van der Waals surface area contributed by atoms with E-state index >= 15 is 0 Å². The summed E-state index contributed by atoms with van der Waals surface area (Å²) < 4.78 is 0. The monoisotopic (exact) mass is 370 g/mol. The van der Waals surface area contributed by atoms with Gasteiger partial charge in [0.2, 0.25) is 11.8 Å². The fourth-order valence-corrected chi connectivity index (χ4v) is 3.07. The van der Waals surface area contributed by atoms with Crippen molar-refractivity contribution in [3.63, 3.8) is 0 Å². The highest BCUT2D eigenvalue weighted by molar-refractivity contribution is 7.99. The number of thioether (sulfide) groups is 1. The third-order valence-electron chi connectivity index (χ3n) is 4.00. The maximum absolute atomic E-state index is 12.5. The quantitative estimate of drug-likeness (QED) is 0.732. The normalized spacial score (nSPS) is 11.9. The highest BCUT2D eigenvalue weighted by Gasteiger charge is 2.15. The van der Waals surface area contributed by atoms with Crippen molar-refractivity contribution in [2.75, 3.05) is 10.6 Å². The van der Waals surface area contributed by atoms with Gasteiger partial charge in [-0.2, -0.15) is 0 Å². The molecule has 2 aromatic carbocycles. The second-order valence-corrected chi connectivity index (χ2v) is 7.93. The van der Waals surface area contributed by atoms with Crippen molar-refractivity contribution >= 4 is 35.0 Å². The van der Waals surface area contributed by atoms with Crippen molar-refractivity contribution in [2.45, 2.75) is 38.7 Å². The van der Waals surface area contributed by atoms with Crippen LogP contribution in [0.25, 0.3) is 0 Å². The Balaban J connectivity index is 1.97. The molecule has 4 nitrogen and oxygen atoms in total. The molecule has 0 aliphatic heterocycles. The van der Waals surface area contributed by atoms with Crippen molar-refractivity contribution in [1.29, 1.82) is 0 Å². The van der Waals surface area contributed by atoms with Crippen LogP contribution in [0.2, 0.25) is 0 Å². The number of rotatable bonds is 7. The lowest BCUT2D eigenvalue weighted by Gasteiger charge is -2.15. The van der Waals surface area contributed by atoms with Gasteiger partial charge in [-0.3, -0.25) is 9.59 Å². The van der Waals surface area contributed by atoms with Crippen LogP contribution in [0.1, 0.15) is 31.9 Å². The smallest absolute Gasteiger partial charge is 0.237 e. The molecular weight excluding hydrogens is 344 g/mol. The number of benzene rings is 2. The molecule has 0 fully saturated rings. The number of aryl methyl sites for hydroxylation is 1. The Morgan fingerprint density at radius 2 is 1.65 bits per heavy atom. The molecule has 5 heteroatoms. The molecule has 0 aliphatic carbocycles. The minimum atomic E-state index is -0.177. The van der Waals surface area contributed by atoms with Gasteiger partial charge in [-0.15, -0.1) is 11.8 Å². The fraction of sp³-hybridized carbons (Fsp3) is 0.333.